The Bertz CT molecular complexity index is 353. The summed E-state index contributed by atoms with van der Waals surface area (Å²) in [7, 11) is 6.24. The highest BCUT2D eigenvalue weighted by atomic mass is 15.2. The van der Waals surface area contributed by atoms with Crippen molar-refractivity contribution < 1.29 is 0 Å². The molecular formula is C14H27N5. The summed E-state index contributed by atoms with van der Waals surface area (Å²) in [6.45, 7) is 5.21. The van der Waals surface area contributed by atoms with Crippen LogP contribution in [0, 0.1) is 0 Å². The lowest BCUT2D eigenvalue weighted by Gasteiger charge is -2.18. The number of hydrogen-bond acceptors (Lipinski definition) is 5. The molecule has 0 aliphatic rings. The highest BCUT2D eigenvalue weighted by Crippen LogP contribution is 2.11. The molecule has 19 heavy (non-hydrogen) atoms. The van der Waals surface area contributed by atoms with Gasteiger partial charge in [-0.2, -0.15) is 4.98 Å². The van der Waals surface area contributed by atoms with Gasteiger partial charge in [0.2, 0.25) is 5.95 Å². The van der Waals surface area contributed by atoms with E-state index in [9.17, 15) is 0 Å². The summed E-state index contributed by atoms with van der Waals surface area (Å²) in [6, 6.07) is 1.96. The van der Waals surface area contributed by atoms with Crippen LogP contribution < -0.4 is 10.2 Å². The molecule has 108 valence electrons. The molecule has 0 aliphatic carbocycles. The van der Waals surface area contributed by atoms with E-state index in [1.54, 1.807) is 0 Å². The van der Waals surface area contributed by atoms with Crippen LogP contribution in [0.4, 0.5) is 11.8 Å². The van der Waals surface area contributed by atoms with E-state index in [1.807, 2.05) is 12.3 Å². The molecule has 0 atom stereocenters. The van der Waals surface area contributed by atoms with Crippen molar-refractivity contribution in [2.24, 2.45) is 0 Å². The average Bonchev–Trinajstić information content (AvgIpc) is 2.41. The van der Waals surface area contributed by atoms with Crippen LogP contribution in [0.2, 0.25) is 0 Å². The third kappa shape index (κ3) is 6.38. The topological polar surface area (TPSA) is 44.3 Å². The van der Waals surface area contributed by atoms with E-state index in [0.717, 1.165) is 37.8 Å². The molecule has 1 rings (SSSR count). The normalized spacial score (nSPS) is 10.8. The van der Waals surface area contributed by atoms with Crippen LogP contribution in [-0.2, 0) is 0 Å². The smallest absolute Gasteiger partial charge is 0.224 e. The Morgan fingerprint density at radius 2 is 1.95 bits per heavy atom. The Morgan fingerprint density at radius 1 is 1.16 bits per heavy atom. The van der Waals surface area contributed by atoms with Crippen LogP contribution in [0.25, 0.3) is 0 Å². The second kappa shape index (κ2) is 8.69. The Kier molecular flexibility index (Phi) is 7.18. The summed E-state index contributed by atoms with van der Waals surface area (Å²) in [5.41, 5.74) is 0. The van der Waals surface area contributed by atoms with Gasteiger partial charge in [-0.05, 0) is 39.5 Å². The van der Waals surface area contributed by atoms with Crippen LogP contribution in [0.1, 0.15) is 26.2 Å². The van der Waals surface area contributed by atoms with E-state index in [-0.39, 0.29) is 0 Å². The molecule has 5 nitrogen and oxygen atoms in total. The highest BCUT2D eigenvalue weighted by molar-refractivity contribution is 5.41. The molecule has 0 unspecified atom stereocenters. The quantitative estimate of drug-likeness (QED) is 0.693. The van der Waals surface area contributed by atoms with E-state index in [1.165, 1.54) is 12.8 Å². The molecule has 0 fully saturated rings. The minimum Gasteiger partial charge on any atom is -0.360 e. The number of rotatable bonds is 9. The first-order valence-corrected chi connectivity index (χ1v) is 7.06. The highest BCUT2D eigenvalue weighted by Gasteiger charge is 2.03. The van der Waals surface area contributed by atoms with Gasteiger partial charge in [0.05, 0.1) is 0 Å². The van der Waals surface area contributed by atoms with Gasteiger partial charge in [-0.3, -0.25) is 0 Å². The lowest BCUT2D eigenvalue weighted by atomic mass is 10.3. The van der Waals surface area contributed by atoms with Gasteiger partial charge in [0.25, 0.3) is 0 Å². The van der Waals surface area contributed by atoms with Crippen molar-refractivity contribution in [3.8, 4) is 0 Å². The lowest BCUT2D eigenvalue weighted by molar-refractivity contribution is 0.405. The van der Waals surface area contributed by atoms with Crippen LogP contribution >= 0.6 is 0 Å². The zero-order chi connectivity index (χ0) is 14.1. The summed E-state index contributed by atoms with van der Waals surface area (Å²) in [5.74, 6) is 1.71. The van der Waals surface area contributed by atoms with E-state index < -0.39 is 0 Å². The van der Waals surface area contributed by atoms with Crippen LogP contribution in [0.3, 0.4) is 0 Å². The molecule has 0 aromatic carbocycles. The molecule has 0 bridgehead atoms. The van der Waals surface area contributed by atoms with Crippen molar-refractivity contribution in [1.29, 1.82) is 0 Å². The number of anilines is 2. The van der Waals surface area contributed by atoms with Crippen molar-refractivity contribution in [2.45, 2.75) is 26.2 Å². The SMILES string of the molecule is CCCCN(C)c1ccnc(NCCCN(C)C)n1. The third-order valence-corrected chi connectivity index (χ3v) is 2.94. The van der Waals surface area contributed by atoms with Gasteiger partial charge in [-0.1, -0.05) is 13.3 Å². The van der Waals surface area contributed by atoms with Crippen LogP contribution in [0.15, 0.2) is 12.3 Å². The first kappa shape index (κ1) is 15.7. The van der Waals surface area contributed by atoms with Gasteiger partial charge in [0, 0.05) is 26.3 Å². The monoisotopic (exact) mass is 265 g/mol. The maximum Gasteiger partial charge on any atom is 0.224 e. The molecule has 1 heterocycles. The van der Waals surface area contributed by atoms with E-state index >= 15 is 0 Å². The van der Waals surface area contributed by atoms with Crippen molar-refractivity contribution >= 4 is 11.8 Å². The molecule has 0 saturated carbocycles. The fourth-order valence-electron chi connectivity index (χ4n) is 1.75. The second-order valence-corrected chi connectivity index (χ2v) is 5.10. The number of unbranched alkanes of at least 4 members (excludes halogenated alkanes) is 1. The molecule has 1 aromatic rings. The van der Waals surface area contributed by atoms with Crippen LogP contribution in [-0.4, -0.2) is 55.6 Å². The standard InChI is InChI=1S/C14H27N5/c1-5-6-12-19(4)13-8-10-16-14(17-13)15-9-7-11-18(2)3/h8,10H,5-7,9,11-12H2,1-4H3,(H,15,16,17). The summed E-state index contributed by atoms with van der Waals surface area (Å²) < 4.78 is 0. The second-order valence-electron chi connectivity index (χ2n) is 5.10. The summed E-state index contributed by atoms with van der Waals surface area (Å²) >= 11 is 0. The molecule has 0 amide bonds. The predicted molar refractivity (Wildman–Crippen MR) is 81.9 cm³/mol. The molecule has 0 spiro atoms. The molecule has 1 N–H and O–H groups in total. The minimum absolute atomic E-state index is 0.722. The first-order chi connectivity index (χ1) is 9.13. The Hall–Kier alpha value is -1.36. The van der Waals surface area contributed by atoms with Gasteiger partial charge < -0.3 is 15.1 Å². The molecule has 0 aliphatic heterocycles. The molecule has 1 aromatic heterocycles. The summed E-state index contributed by atoms with van der Waals surface area (Å²) in [5, 5.41) is 3.28. The third-order valence-electron chi connectivity index (χ3n) is 2.94. The molecule has 0 radical (unpaired) electrons. The zero-order valence-corrected chi connectivity index (χ0v) is 12.7. The zero-order valence-electron chi connectivity index (χ0n) is 12.7. The lowest BCUT2D eigenvalue weighted by Crippen LogP contribution is -2.21. The molecule has 5 heteroatoms. The van der Waals surface area contributed by atoms with Crippen LogP contribution in [0.5, 0.6) is 0 Å². The van der Waals surface area contributed by atoms with Crippen molar-refractivity contribution in [3.63, 3.8) is 0 Å². The molecular weight excluding hydrogens is 238 g/mol. The fraction of sp³-hybridized carbons (Fsp3) is 0.714. The van der Waals surface area contributed by atoms with E-state index in [2.05, 4.69) is 53.2 Å². The number of hydrogen-bond donors (Lipinski definition) is 1. The Labute approximate surface area is 117 Å². The fourth-order valence-corrected chi connectivity index (χ4v) is 1.75. The number of nitrogens with zero attached hydrogens (tertiary/aromatic N) is 4. The summed E-state index contributed by atoms with van der Waals surface area (Å²) in [6.07, 6.45) is 5.29. The maximum absolute atomic E-state index is 4.53. The largest absolute Gasteiger partial charge is 0.360 e. The van der Waals surface area contributed by atoms with Crippen molar-refractivity contribution in [2.75, 3.05) is 51.0 Å². The van der Waals surface area contributed by atoms with Gasteiger partial charge >= 0.3 is 0 Å². The Balaban J connectivity index is 2.43. The summed E-state index contributed by atoms with van der Waals surface area (Å²) in [4.78, 5) is 13.1. The van der Waals surface area contributed by atoms with Gasteiger partial charge in [0.1, 0.15) is 5.82 Å². The first-order valence-electron chi connectivity index (χ1n) is 7.06. The van der Waals surface area contributed by atoms with Crippen molar-refractivity contribution in [1.82, 2.24) is 14.9 Å². The average molecular weight is 265 g/mol. The maximum atomic E-state index is 4.53. The van der Waals surface area contributed by atoms with Gasteiger partial charge in [-0.15, -0.1) is 0 Å². The number of aromatic nitrogens is 2. The van der Waals surface area contributed by atoms with E-state index in [4.69, 9.17) is 0 Å². The predicted octanol–water partition coefficient (Wildman–Crippen LogP) is 2.08. The van der Waals surface area contributed by atoms with Gasteiger partial charge in [-0.25, -0.2) is 4.98 Å². The van der Waals surface area contributed by atoms with E-state index in [0.29, 0.717) is 0 Å². The Morgan fingerprint density at radius 3 is 2.63 bits per heavy atom. The van der Waals surface area contributed by atoms with Gasteiger partial charge in [0.15, 0.2) is 0 Å². The molecule has 0 saturated heterocycles. The number of nitrogens with one attached hydrogen (secondary N) is 1. The minimum atomic E-state index is 0.722. The van der Waals surface area contributed by atoms with Crippen molar-refractivity contribution in [3.05, 3.63) is 12.3 Å².